The molecular weight excluding hydrogens is 214 g/mol. The molecule has 1 nitrogen and oxygen atoms in total. The summed E-state index contributed by atoms with van der Waals surface area (Å²) in [5.74, 6) is 1.26. The molecule has 16 heavy (non-hydrogen) atoms. The van der Waals surface area contributed by atoms with Crippen LogP contribution in [-0.4, -0.2) is 17.0 Å². The van der Waals surface area contributed by atoms with E-state index >= 15 is 0 Å². The van der Waals surface area contributed by atoms with Gasteiger partial charge in [0, 0.05) is 22.7 Å². The van der Waals surface area contributed by atoms with Gasteiger partial charge in [-0.05, 0) is 48.9 Å². The third-order valence-corrected chi connectivity index (χ3v) is 5.02. The topological polar surface area (TPSA) is 12.0 Å². The Kier molecular flexibility index (Phi) is 2.84. The number of rotatable bonds is 2. The van der Waals surface area contributed by atoms with E-state index in [1.165, 1.54) is 37.1 Å². The highest BCUT2D eigenvalue weighted by atomic mass is 32.2. The minimum atomic E-state index is 0.680. The van der Waals surface area contributed by atoms with Crippen molar-refractivity contribution in [1.29, 1.82) is 0 Å². The predicted octanol–water partition coefficient (Wildman–Crippen LogP) is 3.48. The Bertz CT molecular complexity index is 388. The van der Waals surface area contributed by atoms with E-state index in [1.807, 2.05) is 0 Å². The van der Waals surface area contributed by atoms with E-state index in [1.54, 1.807) is 11.1 Å². The van der Waals surface area contributed by atoms with Crippen molar-refractivity contribution in [2.45, 2.75) is 43.9 Å². The summed E-state index contributed by atoms with van der Waals surface area (Å²) in [7, 11) is 0. The van der Waals surface area contributed by atoms with Crippen LogP contribution in [0, 0.1) is 0 Å². The number of hydrogen-bond acceptors (Lipinski definition) is 2. The molecule has 0 radical (unpaired) electrons. The molecule has 86 valence electrons. The van der Waals surface area contributed by atoms with Gasteiger partial charge < -0.3 is 5.32 Å². The molecule has 1 aromatic rings. The minimum absolute atomic E-state index is 0.680. The highest BCUT2D eigenvalue weighted by Crippen LogP contribution is 2.30. The fourth-order valence-corrected chi connectivity index (χ4v) is 3.96. The van der Waals surface area contributed by atoms with Gasteiger partial charge in [0.25, 0.3) is 0 Å². The van der Waals surface area contributed by atoms with Gasteiger partial charge in [0.05, 0.1) is 0 Å². The summed E-state index contributed by atoms with van der Waals surface area (Å²) >= 11 is 2.09. The zero-order valence-corrected chi connectivity index (χ0v) is 10.6. The fourth-order valence-electron chi connectivity index (χ4n) is 2.82. The summed E-state index contributed by atoms with van der Waals surface area (Å²) in [5.41, 5.74) is 4.48. The number of benzene rings is 1. The van der Waals surface area contributed by atoms with Crippen molar-refractivity contribution in [1.82, 2.24) is 0 Å². The fraction of sp³-hybridized carbons (Fsp3) is 0.571. The molecule has 2 heteroatoms. The first-order valence-electron chi connectivity index (χ1n) is 6.31. The molecule has 1 fully saturated rings. The monoisotopic (exact) mass is 233 g/mol. The van der Waals surface area contributed by atoms with Gasteiger partial charge in [-0.15, -0.1) is 0 Å². The number of hydrogen-bond donors (Lipinski definition) is 1. The van der Waals surface area contributed by atoms with Crippen molar-refractivity contribution in [3.05, 3.63) is 29.3 Å². The van der Waals surface area contributed by atoms with E-state index in [2.05, 4.69) is 42.2 Å². The van der Waals surface area contributed by atoms with Crippen LogP contribution in [0.25, 0.3) is 0 Å². The average molecular weight is 233 g/mol. The molecule has 1 saturated heterocycles. The maximum Gasteiger partial charge on any atom is 0.0362 e. The van der Waals surface area contributed by atoms with Crippen LogP contribution in [0.2, 0.25) is 0 Å². The average Bonchev–Trinajstić information content (AvgIpc) is 2.87. The van der Waals surface area contributed by atoms with Gasteiger partial charge >= 0.3 is 0 Å². The number of fused-ring (bicyclic) bond motifs is 1. The predicted molar refractivity (Wildman–Crippen MR) is 72.4 cm³/mol. The standard InChI is InChI=1S/C14H19NS/c1-10-7-14(9-16-10)15-13-6-5-11-3-2-4-12(11)8-13/h5-6,8,10,14-15H,2-4,7,9H2,1H3. The third kappa shape index (κ3) is 2.08. The Hall–Kier alpha value is -0.630. The second-order valence-electron chi connectivity index (χ2n) is 5.06. The van der Waals surface area contributed by atoms with Crippen LogP contribution in [0.4, 0.5) is 5.69 Å². The molecule has 1 heterocycles. The summed E-state index contributed by atoms with van der Waals surface area (Å²) in [5, 5.41) is 4.51. The van der Waals surface area contributed by atoms with E-state index < -0.39 is 0 Å². The van der Waals surface area contributed by atoms with Crippen molar-refractivity contribution in [2.24, 2.45) is 0 Å². The van der Waals surface area contributed by atoms with Crippen molar-refractivity contribution in [2.75, 3.05) is 11.1 Å². The summed E-state index contributed by atoms with van der Waals surface area (Å²) in [6.45, 7) is 2.33. The second-order valence-corrected chi connectivity index (χ2v) is 6.53. The van der Waals surface area contributed by atoms with Gasteiger partial charge in [0.2, 0.25) is 0 Å². The Morgan fingerprint density at radius 3 is 2.94 bits per heavy atom. The molecule has 0 aromatic heterocycles. The van der Waals surface area contributed by atoms with Gasteiger partial charge in [-0.3, -0.25) is 0 Å². The van der Waals surface area contributed by atoms with Gasteiger partial charge in [-0.1, -0.05) is 13.0 Å². The summed E-state index contributed by atoms with van der Waals surface area (Å²) in [6.07, 6.45) is 5.21. The lowest BCUT2D eigenvalue weighted by molar-refractivity contribution is 0.747. The molecule has 2 aliphatic rings. The Labute approximate surface area is 102 Å². The SMILES string of the molecule is CC1CC(Nc2ccc3c(c2)CCC3)CS1. The lowest BCUT2D eigenvalue weighted by Gasteiger charge is -2.14. The number of aryl methyl sites for hydroxylation is 2. The molecular formula is C14H19NS. The number of nitrogens with one attached hydrogen (secondary N) is 1. The number of thioether (sulfide) groups is 1. The van der Waals surface area contributed by atoms with Crippen LogP contribution < -0.4 is 5.32 Å². The van der Waals surface area contributed by atoms with Crippen LogP contribution in [0.3, 0.4) is 0 Å². The first-order valence-corrected chi connectivity index (χ1v) is 7.36. The maximum atomic E-state index is 3.68. The first-order chi connectivity index (χ1) is 7.81. The molecule has 0 bridgehead atoms. The molecule has 0 saturated carbocycles. The maximum absolute atomic E-state index is 3.68. The molecule has 1 N–H and O–H groups in total. The Morgan fingerprint density at radius 2 is 2.12 bits per heavy atom. The van der Waals surface area contributed by atoms with Crippen molar-refractivity contribution < 1.29 is 0 Å². The molecule has 1 aromatic carbocycles. The van der Waals surface area contributed by atoms with Crippen LogP contribution in [-0.2, 0) is 12.8 Å². The summed E-state index contributed by atoms with van der Waals surface area (Å²) < 4.78 is 0. The van der Waals surface area contributed by atoms with Gasteiger partial charge in [-0.2, -0.15) is 11.8 Å². The molecule has 0 amide bonds. The van der Waals surface area contributed by atoms with Crippen LogP contribution in [0.15, 0.2) is 18.2 Å². The first kappa shape index (κ1) is 10.5. The number of anilines is 1. The van der Waals surface area contributed by atoms with E-state index in [4.69, 9.17) is 0 Å². The minimum Gasteiger partial charge on any atom is -0.381 e. The molecule has 0 spiro atoms. The van der Waals surface area contributed by atoms with Gasteiger partial charge in [0.15, 0.2) is 0 Å². The lowest BCUT2D eigenvalue weighted by Crippen LogP contribution is -2.18. The van der Waals surface area contributed by atoms with Crippen molar-refractivity contribution in [3.8, 4) is 0 Å². The quantitative estimate of drug-likeness (QED) is 0.839. The normalized spacial score (nSPS) is 28.1. The van der Waals surface area contributed by atoms with Gasteiger partial charge in [-0.25, -0.2) is 0 Å². The molecule has 2 atom stereocenters. The van der Waals surface area contributed by atoms with Crippen molar-refractivity contribution >= 4 is 17.4 Å². The lowest BCUT2D eigenvalue weighted by atomic mass is 10.1. The highest BCUT2D eigenvalue weighted by Gasteiger charge is 2.21. The van der Waals surface area contributed by atoms with Crippen molar-refractivity contribution in [3.63, 3.8) is 0 Å². The zero-order chi connectivity index (χ0) is 11.0. The zero-order valence-electron chi connectivity index (χ0n) is 9.83. The Balaban J connectivity index is 1.71. The second kappa shape index (κ2) is 4.33. The van der Waals surface area contributed by atoms with Gasteiger partial charge in [0.1, 0.15) is 0 Å². The van der Waals surface area contributed by atoms with Crippen LogP contribution in [0.5, 0.6) is 0 Å². The molecule has 1 aliphatic carbocycles. The summed E-state index contributed by atoms with van der Waals surface area (Å²) in [4.78, 5) is 0. The van der Waals surface area contributed by atoms with E-state index in [0.29, 0.717) is 6.04 Å². The smallest absolute Gasteiger partial charge is 0.0362 e. The highest BCUT2D eigenvalue weighted by molar-refractivity contribution is 8.00. The van der Waals surface area contributed by atoms with Crippen LogP contribution >= 0.6 is 11.8 Å². The Morgan fingerprint density at radius 1 is 1.25 bits per heavy atom. The molecule has 2 unspecified atom stereocenters. The van der Waals surface area contributed by atoms with E-state index in [9.17, 15) is 0 Å². The van der Waals surface area contributed by atoms with Crippen LogP contribution in [0.1, 0.15) is 30.9 Å². The summed E-state index contributed by atoms with van der Waals surface area (Å²) in [6, 6.07) is 7.63. The largest absolute Gasteiger partial charge is 0.381 e. The van der Waals surface area contributed by atoms with E-state index in [-0.39, 0.29) is 0 Å². The molecule has 3 rings (SSSR count). The molecule has 1 aliphatic heterocycles. The van der Waals surface area contributed by atoms with E-state index in [0.717, 1.165) is 5.25 Å². The third-order valence-electron chi connectivity index (χ3n) is 3.67.